The van der Waals surface area contributed by atoms with Crippen molar-refractivity contribution in [1.82, 2.24) is 4.90 Å². The number of piperidine rings is 1. The fourth-order valence-corrected chi connectivity index (χ4v) is 3.15. The highest BCUT2D eigenvalue weighted by Gasteiger charge is 2.21. The van der Waals surface area contributed by atoms with Gasteiger partial charge in [0.05, 0.1) is 11.4 Å². The minimum atomic E-state index is 0.594. The standard InChI is InChI=1S/C16H25N3O2/c1-18-5-3-12(4-6-18)11-19(2)14-10-16-15(9-13(14)17)20-7-8-21-16/h9-10,12H,3-8,11,17H2,1-2H3. The first kappa shape index (κ1) is 14.3. The molecule has 21 heavy (non-hydrogen) atoms. The van der Waals surface area contributed by atoms with Gasteiger partial charge in [0.1, 0.15) is 13.2 Å². The van der Waals surface area contributed by atoms with Gasteiger partial charge in [0, 0.05) is 25.7 Å². The van der Waals surface area contributed by atoms with Gasteiger partial charge in [0.2, 0.25) is 0 Å². The summed E-state index contributed by atoms with van der Waals surface area (Å²) in [6, 6.07) is 3.90. The number of nitrogen functional groups attached to an aromatic ring is 1. The van der Waals surface area contributed by atoms with E-state index in [2.05, 4.69) is 23.9 Å². The zero-order valence-electron chi connectivity index (χ0n) is 13.0. The fraction of sp³-hybridized carbons (Fsp3) is 0.625. The van der Waals surface area contributed by atoms with Gasteiger partial charge in [0.25, 0.3) is 0 Å². The Kier molecular flexibility index (Phi) is 4.10. The lowest BCUT2D eigenvalue weighted by Crippen LogP contribution is -2.36. The maximum Gasteiger partial charge on any atom is 0.163 e. The average Bonchev–Trinajstić information content (AvgIpc) is 2.49. The van der Waals surface area contributed by atoms with Crippen LogP contribution in [-0.2, 0) is 0 Å². The van der Waals surface area contributed by atoms with Crippen LogP contribution in [0.1, 0.15) is 12.8 Å². The summed E-state index contributed by atoms with van der Waals surface area (Å²) < 4.78 is 11.2. The quantitative estimate of drug-likeness (QED) is 0.861. The number of rotatable bonds is 3. The molecule has 0 bridgehead atoms. The van der Waals surface area contributed by atoms with E-state index in [-0.39, 0.29) is 0 Å². The Bertz CT molecular complexity index is 499. The molecule has 0 aliphatic carbocycles. The predicted molar refractivity (Wildman–Crippen MR) is 85.3 cm³/mol. The number of ether oxygens (including phenoxy) is 2. The Balaban J connectivity index is 1.70. The lowest BCUT2D eigenvalue weighted by Gasteiger charge is -2.33. The molecular weight excluding hydrogens is 266 g/mol. The van der Waals surface area contributed by atoms with Gasteiger partial charge in [-0.2, -0.15) is 0 Å². The van der Waals surface area contributed by atoms with Gasteiger partial charge in [-0.15, -0.1) is 0 Å². The van der Waals surface area contributed by atoms with E-state index in [4.69, 9.17) is 15.2 Å². The number of likely N-dealkylation sites (tertiary alicyclic amines) is 1. The summed E-state index contributed by atoms with van der Waals surface area (Å²) in [6.45, 7) is 4.62. The van der Waals surface area contributed by atoms with Crippen LogP contribution < -0.4 is 20.1 Å². The highest BCUT2D eigenvalue weighted by Crippen LogP contribution is 2.38. The molecular formula is C16H25N3O2. The van der Waals surface area contributed by atoms with Crippen molar-refractivity contribution in [3.63, 3.8) is 0 Å². The predicted octanol–water partition coefficient (Wildman–Crippen LogP) is 1.82. The van der Waals surface area contributed by atoms with E-state index in [0.717, 1.165) is 35.3 Å². The number of nitrogens with two attached hydrogens (primary N) is 1. The van der Waals surface area contributed by atoms with Crippen molar-refractivity contribution < 1.29 is 9.47 Å². The molecule has 2 aliphatic rings. The van der Waals surface area contributed by atoms with Crippen molar-refractivity contribution in [2.45, 2.75) is 12.8 Å². The molecule has 3 rings (SSSR count). The van der Waals surface area contributed by atoms with Crippen molar-refractivity contribution >= 4 is 11.4 Å². The van der Waals surface area contributed by atoms with Crippen LogP contribution in [-0.4, -0.2) is 51.8 Å². The molecule has 5 nitrogen and oxygen atoms in total. The number of anilines is 2. The molecule has 0 aromatic heterocycles. The van der Waals surface area contributed by atoms with Gasteiger partial charge in [0.15, 0.2) is 11.5 Å². The van der Waals surface area contributed by atoms with Crippen LogP contribution in [0.5, 0.6) is 11.5 Å². The van der Waals surface area contributed by atoms with Crippen LogP contribution in [0.2, 0.25) is 0 Å². The molecule has 1 saturated heterocycles. The largest absolute Gasteiger partial charge is 0.486 e. The van der Waals surface area contributed by atoms with Crippen molar-refractivity contribution in [3.8, 4) is 11.5 Å². The highest BCUT2D eigenvalue weighted by atomic mass is 16.6. The number of hydrogen-bond acceptors (Lipinski definition) is 5. The zero-order valence-corrected chi connectivity index (χ0v) is 13.0. The Morgan fingerprint density at radius 3 is 2.48 bits per heavy atom. The summed E-state index contributed by atoms with van der Waals surface area (Å²) in [6.07, 6.45) is 2.51. The van der Waals surface area contributed by atoms with Crippen LogP contribution in [0.15, 0.2) is 12.1 Å². The molecule has 0 atom stereocenters. The third-order valence-corrected chi connectivity index (χ3v) is 4.47. The third kappa shape index (κ3) is 3.18. The summed E-state index contributed by atoms with van der Waals surface area (Å²) in [7, 11) is 4.30. The zero-order chi connectivity index (χ0) is 14.8. The fourth-order valence-electron chi connectivity index (χ4n) is 3.15. The molecule has 0 saturated carbocycles. The van der Waals surface area contributed by atoms with Crippen LogP contribution in [0.3, 0.4) is 0 Å². The van der Waals surface area contributed by atoms with Gasteiger partial charge >= 0.3 is 0 Å². The molecule has 2 heterocycles. The topological polar surface area (TPSA) is 51.0 Å². The second-order valence-electron chi connectivity index (χ2n) is 6.18. The molecule has 2 N–H and O–H groups in total. The van der Waals surface area contributed by atoms with E-state index in [1.54, 1.807) is 0 Å². The molecule has 1 aromatic rings. The van der Waals surface area contributed by atoms with Crippen LogP contribution in [0.4, 0.5) is 11.4 Å². The first-order chi connectivity index (χ1) is 10.1. The Hall–Kier alpha value is -1.62. The summed E-state index contributed by atoms with van der Waals surface area (Å²) in [5, 5.41) is 0. The molecule has 1 fully saturated rings. The first-order valence-corrected chi connectivity index (χ1v) is 7.72. The van der Waals surface area contributed by atoms with Gasteiger partial charge in [-0.1, -0.05) is 0 Å². The molecule has 0 spiro atoms. The molecule has 5 heteroatoms. The van der Waals surface area contributed by atoms with Crippen LogP contribution in [0.25, 0.3) is 0 Å². The smallest absolute Gasteiger partial charge is 0.163 e. The normalized spacial score (nSPS) is 19.5. The average molecular weight is 291 g/mol. The summed E-state index contributed by atoms with van der Waals surface area (Å²) >= 11 is 0. The van der Waals surface area contributed by atoms with E-state index in [0.29, 0.717) is 13.2 Å². The Labute approximate surface area is 126 Å². The minimum Gasteiger partial charge on any atom is -0.486 e. The maximum absolute atomic E-state index is 6.19. The SMILES string of the molecule is CN1CCC(CN(C)c2cc3c(cc2N)OCCO3)CC1. The van der Waals surface area contributed by atoms with Crippen LogP contribution in [0, 0.1) is 5.92 Å². The molecule has 0 unspecified atom stereocenters. The maximum atomic E-state index is 6.19. The second-order valence-corrected chi connectivity index (χ2v) is 6.18. The highest BCUT2D eigenvalue weighted by molar-refractivity contribution is 5.73. The molecule has 0 amide bonds. The Morgan fingerprint density at radius 1 is 1.19 bits per heavy atom. The minimum absolute atomic E-state index is 0.594. The molecule has 1 aromatic carbocycles. The molecule has 0 radical (unpaired) electrons. The molecule has 116 valence electrons. The lowest BCUT2D eigenvalue weighted by molar-refractivity contribution is 0.171. The second kappa shape index (κ2) is 6.02. The van der Waals surface area contributed by atoms with Crippen molar-refractivity contribution in [2.75, 3.05) is 57.6 Å². The van der Waals surface area contributed by atoms with Crippen molar-refractivity contribution in [3.05, 3.63) is 12.1 Å². The number of benzene rings is 1. The monoisotopic (exact) mass is 291 g/mol. The number of nitrogens with zero attached hydrogens (tertiary/aromatic N) is 2. The third-order valence-electron chi connectivity index (χ3n) is 4.47. The Morgan fingerprint density at radius 2 is 1.81 bits per heavy atom. The number of fused-ring (bicyclic) bond motifs is 1. The van der Waals surface area contributed by atoms with E-state index < -0.39 is 0 Å². The summed E-state index contributed by atoms with van der Waals surface area (Å²) in [5.41, 5.74) is 7.99. The van der Waals surface area contributed by atoms with Crippen LogP contribution >= 0.6 is 0 Å². The van der Waals surface area contributed by atoms with Gasteiger partial charge in [-0.3, -0.25) is 0 Å². The van der Waals surface area contributed by atoms with E-state index in [1.165, 1.54) is 25.9 Å². The van der Waals surface area contributed by atoms with Gasteiger partial charge < -0.3 is 25.0 Å². The first-order valence-electron chi connectivity index (χ1n) is 7.72. The van der Waals surface area contributed by atoms with Gasteiger partial charge in [-0.05, 0) is 38.9 Å². The summed E-state index contributed by atoms with van der Waals surface area (Å²) in [5.74, 6) is 2.30. The lowest BCUT2D eigenvalue weighted by atomic mass is 9.96. The summed E-state index contributed by atoms with van der Waals surface area (Å²) in [4.78, 5) is 4.65. The molecule has 2 aliphatic heterocycles. The van der Waals surface area contributed by atoms with E-state index in [1.807, 2.05) is 12.1 Å². The van der Waals surface area contributed by atoms with Crippen molar-refractivity contribution in [2.24, 2.45) is 5.92 Å². The van der Waals surface area contributed by atoms with E-state index in [9.17, 15) is 0 Å². The number of hydrogen-bond donors (Lipinski definition) is 1. The van der Waals surface area contributed by atoms with Gasteiger partial charge in [-0.25, -0.2) is 0 Å². The van der Waals surface area contributed by atoms with E-state index >= 15 is 0 Å². The van der Waals surface area contributed by atoms with Crippen molar-refractivity contribution in [1.29, 1.82) is 0 Å².